The number of hydrogen-bond acceptors (Lipinski definition) is 3. The first-order chi connectivity index (χ1) is 8.70. The fraction of sp³-hybridized carbons (Fsp3) is 0.267. The molecule has 18 heavy (non-hydrogen) atoms. The molecule has 0 radical (unpaired) electrons. The number of hydrogen-bond donors (Lipinski definition) is 1. The number of aromatic nitrogens is 1. The van der Waals surface area contributed by atoms with Gasteiger partial charge in [0.15, 0.2) is 0 Å². The van der Waals surface area contributed by atoms with E-state index in [0.717, 1.165) is 22.4 Å². The summed E-state index contributed by atoms with van der Waals surface area (Å²) in [6.45, 7) is 2.03. The summed E-state index contributed by atoms with van der Waals surface area (Å²) in [5, 5.41) is 10.2. The average Bonchev–Trinajstić information content (AvgIpc) is 2.40. The summed E-state index contributed by atoms with van der Waals surface area (Å²) in [4.78, 5) is 4.02. The molecule has 94 valence electrons. The van der Waals surface area contributed by atoms with E-state index in [1.807, 2.05) is 37.3 Å². The quantitative estimate of drug-likeness (QED) is 0.897. The Kier molecular flexibility index (Phi) is 3.95. The predicted molar refractivity (Wildman–Crippen MR) is 70.6 cm³/mol. The second-order valence-electron chi connectivity index (χ2n) is 4.32. The Morgan fingerprint density at radius 3 is 2.83 bits per heavy atom. The van der Waals surface area contributed by atoms with Gasteiger partial charge in [0.2, 0.25) is 0 Å². The zero-order valence-corrected chi connectivity index (χ0v) is 10.6. The fourth-order valence-corrected chi connectivity index (χ4v) is 1.97. The van der Waals surface area contributed by atoms with E-state index in [9.17, 15) is 5.11 Å². The molecule has 3 nitrogen and oxygen atoms in total. The molecule has 0 saturated heterocycles. The number of methoxy groups -OCH3 is 1. The van der Waals surface area contributed by atoms with Crippen molar-refractivity contribution < 1.29 is 9.84 Å². The first-order valence-corrected chi connectivity index (χ1v) is 5.92. The van der Waals surface area contributed by atoms with Crippen molar-refractivity contribution in [2.75, 3.05) is 7.11 Å². The van der Waals surface area contributed by atoms with Crippen LogP contribution in [0.25, 0.3) is 0 Å². The van der Waals surface area contributed by atoms with E-state index in [1.54, 1.807) is 19.5 Å². The molecule has 3 heteroatoms. The van der Waals surface area contributed by atoms with Crippen molar-refractivity contribution in [1.29, 1.82) is 0 Å². The van der Waals surface area contributed by atoms with E-state index in [1.165, 1.54) is 0 Å². The fourth-order valence-electron chi connectivity index (χ4n) is 1.97. The summed E-state index contributed by atoms with van der Waals surface area (Å²) < 4.78 is 5.31. The van der Waals surface area contributed by atoms with E-state index in [2.05, 4.69) is 4.98 Å². The van der Waals surface area contributed by atoms with Gasteiger partial charge in [-0.2, -0.15) is 0 Å². The average molecular weight is 243 g/mol. The van der Waals surface area contributed by atoms with Crippen molar-refractivity contribution in [3.8, 4) is 5.75 Å². The van der Waals surface area contributed by atoms with Crippen molar-refractivity contribution in [2.45, 2.75) is 19.4 Å². The smallest absolute Gasteiger partial charge is 0.122 e. The van der Waals surface area contributed by atoms with E-state index < -0.39 is 6.10 Å². The Morgan fingerprint density at radius 2 is 2.17 bits per heavy atom. The maximum atomic E-state index is 10.2. The second kappa shape index (κ2) is 5.65. The molecular weight excluding hydrogens is 226 g/mol. The second-order valence-corrected chi connectivity index (χ2v) is 4.32. The van der Waals surface area contributed by atoms with Crippen molar-refractivity contribution in [1.82, 2.24) is 4.98 Å². The van der Waals surface area contributed by atoms with Crippen LogP contribution in [0.1, 0.15) is 22.8 Å². The standard InChI is InChI=1S/C15H17NO2/c1-11-5-6-15(18-2)13(8-11)9-14(17)12-4-3-7-16-10-12/h3-8,10,14,17H,9H2,1-2H3. The van der Waals surface area contributed by atoms with Crippen molar-refractivity contribution in [3.63, 3.8) is 0 Å². The monoisotopic (exact) mass is 243 g/mol. The molecule has 0 saturated carbocycles. The van der Waals surface area contributed by atoms with Crippen LogP contribution in [0.5, 0.6) is 5.75 Å². The van der Waals surface area contributed by atoms with E-state index >= 15 is 0 Å². The molecule has 0 fully saturated rings. The van der Waals surface area contributed by atoms with Crippen LogP contribution in [-0.4, -0.2) is 17.2 Å². The van der Waals surface area contributed by atoms with Crippen LogP contribution in [0.2, 0.25) is 0 Å². The highest BCUT2D eigenvalue weighted by Crippen LogP contribution is 2.25. The molecule has 0 bridgehead atoms. The SMILES string of the molecule is COc1ccc(C)cc1CC(O)c1cccnc1. The number of ether oxygens (including phenoxy) is 1. The van der Waals surface area contributed by atoms with Crippen LogP contribution in [0.15, 0.2) is 42.7 Å². The Morgan fingerprint density at radius 1 is 1.33 bits per heavy atom. The summed E-state index contributed by atoms with van der Waals surface area (Å²) in [7, 11) is 1.64. The molecule has 0 aliphatic carbocycles. The van der Waals surface area contributed by atoms with Gasteiger partial charge in [0.25, 0.3) is 0 Å². The minimum Gasteiger partial charge on any atom is -0.496 e. The summed E-state index contributed by atoms with van der Waals surface area (Å²) in [5.74, 6) is 0.809. The molecule has 1 unspecified atom stereocenters. The zero-order chi connectivity index (χ0) is 13.0. The maximum absolute atomic E-state index is 10.2. The number of rotatable bonds is 4. The third kappa shape index (κ3) is 2.87. The minimum atomic E-state index is -0.561. The van der Waals surface area contributed by atoms with Crippen LogP contribution >= 0.6 is 0 Å². The highest BCUT2D eigenvalue weighted by molar-refractivity contribution is 5.37. The summed E-state index contributed by atoms with van der Waals surface area (Å²) in [5.41, 5.74) is 2.99. The summed E-state index contributed by atoms with van der Waals surface area (Å²) in [6, 6.07) is 9.67. The van der Waals surface area contributed by atoms with Crippen LogP contribution in [-0.2, 0) is 6.42 Å². The van der Waals surface area contributed by atoms with Gasteiger partial charge in [-0.3, -0.25) is 4.98 Å². The normalized spacial score (nSPS) is 12.2. The van der Waals surface area contributed by atoms with Crippen LogP contribution in [0.4, 0.5) is 0 Å². The molecule has 0 amide bonds. The van der Waals surface area contributed by atoms with E-state index in [0.29, 0.717) is 6.42 Å². The van der Waals surface area contributed by atoms with Gasteiger partial charge in [-0.25, -0.2) is 0 Å². The Labute approximate surface area is 107 Å². The lowest BCUT2D eigenvalue weighted by Gasteiger charge is -2.14. The third-order valence-corrected chi connectivity index (χ3v) is 2.92. The van der Waals surface area contributed by atoms with Gasteiger partial charge in [-0.1, -0.05) is 23.8 Å². The molecule has 2 rings (SSSR count). The maximum Gasteiger partial charge on any atom is 0.122 e. The number of pyridine rings is 1. The van der Waals surface area contributed by atoms with Gasteiger partial charge in [0.1, 0.15) is 5.75 Å². The first-order valence-electron chi connectivity index (χ1n) is 5.92. The number of benzene rings is 1. The number of aliphatic hydroxyl groups is 1. The van der Waals surface area contributed by atoms with Gasteiger partial charge in [0.05, 0.1) is 13.2 Å². The molecule has 1 heterocycles. The summed E-state index contributed by atoms with van der Waals surface area (Å²) in [6.07, 6.45) is 3.35. The van der Waals surface area contributed by atoms with Gasteiger partial charge in [-0.05, 0) is 30.2 Å². The Bertz CT molecular complexity index is 511. The molecule has 2 aromatic rings. The topological polar surface area (TPSA) is 42.4 Å². The number of nitrogens with zero attached hydrogens (tertiary/aromatic N) is 1. The van der Waals surface area contributed by atoms with Gasteiger partial charge >= 0.3 is 0 Å². The van der Waals surface area contributed by atoms with Crippen LogP contribution < -0.4 is 4.74 Å². The number of aryl methyl sites for hydroxylation is 1. The highest BCUT2D eigenvalue weighted by Gasteiger charge is 2.12. The van der Waals surface area contributed by atoms with Gasteiger partial charge in [0, 0.05) is 18.8 Å². The van der Waals surface area contributed by atoms with Crippen molar-refractivity contribution >= 4 is 0 Å². The molecule has 1 aromatic heterocycles. The predicted octanol–water partition coefficient (Wildman–Crippen LogP) is 2.67. The number of aliphatic hydroxyl groups excluding tert-OH is 1. The van der Waals surface area contributed by atoms with Crippen LogP contribution in [0.3, 0.4) is 0 Å². The minimum absolute atomic E-state index is 0.524. The Balaban J connectivity index is 2.21. The van der Waals surface area contributed by atoms with Gasteiger partial charge < -0.3 is 9.84 Å². The van der Waals surface area contributed by atoms with Crippen molar-refractivity contribution in [3.05, 3.63) is 59.4 Å². The lowest BCUT2D eigenvalue weighted by Crippen LogP contribution is -2.04. The molecule has 0 spiro atoms. The highest BCUT2D eigenvalue weighted by atomic mass is 16.5. The lowest BCUT2D eigenvalue weighted by molar-refractivity contribution is 0.177. The molecular formula is C15H17NO2. The molecule has 1 N–H and O–H groups in total. The lowest BCUT2D eigenvalue weighted by atomic mass is 10.0. The largest absolute Gasteiger partial charge is 0.496 e. The Hall–Kier alpha value is -1.87. The summed E-state index contributed by atoms with van der Waals surface area (Å²) >= 11 is 0. The van der Waals surface area contributed by atoms with E-state index in [4.69, 9.17) is 4.74 Å². The van der Waals surface area contributed by atoms with Gasteiger partial charge in [-0.15, -0.1) is 0 Å². The first kappa shape index (κ1) is 12.6. The molecule has 1 aromatic carbocycles. The molecule has 1 atom stereocenters. The van der Waals surface area contributed by atoms with E-state index in [-0.39, 0.29) is 0 Å². The molecule has 0 aliphatic rings. The van der Waals surface area contributed by atoms with Crippen LogP contribution in [0, 0.1) is 6.92 Å². The van der Waals surface area contributed by atoms with Crippen molar-refractivity contribution in [2.24, 2.45) is 0 Å². The zero-order valence-electron chi connectivity index (χ0n) is 10.6. The molecule has 0 aliphatic heterocycles. The third-order valence-electron chi connectivity index (χ3n) is 2.92.